The minimum Gasteiger partial charge on any atom is -0.454 e. The number of hydrogen-bond donors (Lipinski definition) is 0. The molecule has 71 heavy (non-hydrogen) atoms. The summed E-state index contributed by atoms with van der Waals surface area (Å²) in [5.74, 6) is 1.57. The van der Waals surface area contributed by atoms with Crippen LogP contribution in [0.15, 0.2) is 227 Å². The van der Waals surface area contributed by atoms with Crippen LogP contribution in [0.25, 0.3) is 87.7 Å². The number of rotatable bonds is 8. The second kappa shape index (κ2) is 16.6. The minimum absolute atomic E-state index is 0.353. The number of pyridine rings is 2. The van der Waals surface area contributed by atoms with Crippen LogP contribution in [0.2, 0.25) is 0 Å². The first kappa shape index (κ1) is 42.1. The number of anilines is 6. The maximum atomic E-state index is 6.95. The number of aromatic nitrogens is 2. The van der Waals surface area contributed by atoms with Crippen LogP contribution >= 0.6 is 0 Å². The van der Waals surface area contributed by atoms with Crippen molar-refractivity contribution in [2.75, 3.05) is 9.80 Å². The van der Waals surface area contributed by atoms with Crippen LogP contribution in [0.3, 0.4) is 0 Å². The second-order valence-corrected chi connectivity index (χ2v) is 19.5. The van der Waals surface area contributed by atoms with Crippen molar-refractivity contribution in [3.8, 4) is 22.3 Å². The molecule has 340 valence electrons. The van der Waals surface area contributed by atoms with Gasteiger partial charge in [-0.2, -0.15) is 0 Å². The summed E-state index contributed by atoms with van der Waals surface area (Å²) in [7, 11) is 0. The first-order valence-corrected chi connectivity index (χ1v) is 24.2. The summed E-state index contributed by atoms with van der Waals surface area (Å²) in [5.41, 5.74) is 13.5. The number of aryl methyl sites for hydroxylation is 1. The fourth-order valence-corrected chi connectivity index (χ4v) is 10.6. The van der Waals surface area contributed by atoms with E-state index in [1.54, 1.807) is 0 Å². The second-order valence-electron chi connectivity index (χ2n) is 19.5. The fourth-order valence-electron chi connectivity index (χ4n) is 10.6. The van der Waals surface area contributed by atoms with Gasteiger partial charge >= 0.3 is 0 Å². The largest absolute Gasteiger partial charge is 0.454 e. The third-order valence-corrected chi connectivity index (χ3v) is 14.0. The van der Waals surface area contributed by atoms with E-state index in [0.29, 0.717) is 0 Å². The van der Waals surface area contributed by atoms with Gasteiger partial charge in [-0.15, -0.1) is 0 Å². The zero-order valence-electron chi connectivity index (χ0n) is 39.9. The lowest BCUT2D eigenvalue weighted by Crippen LogP contribution is -2.12. The fraction of sp³-hybridized carbons (Fsp3) is 0.0769. The van der Waals surface area contributed by atoms with Gasteiger partial charge in [-0.05, 0) is 122 Å². The lowest BCUT2D eigenvalue weighted by atomic mass is 9.83. The SMILES string of the molecule is Cc1c2c(oc3cnc(N(c4ccc(-c5ccccc5)cc4)c4ccc5ccccc5c4)cc32)c(C(C)(C)C)c2oc3cnc(N(c4ccc(-c5ccccc5)cc4)c4ccc5ccccc5c4)cc3c12. The summed E-state index contributed by atoms with van der Waals surface area (Å²) < 4.78 is 13.9. The molecule has 0 atom stereocenters. The van der Waals surface area contributed by atoms with Gasteiger partial charge in [0.2, 0.25) is 0 Å². The van der Waals surface area contributed by atoms with Crippen LogP contribution in [-0.2, 0) is 5.41 Å². The van der Waals surface area contributed by atoms with E-state index in [2.05, 4.69) is 244 Å². The van der Waals surface area contributed by atoms with Crippen molar-refractivity contribution >= 4 is 99.8 Å². The number of furan rings is 2. The summed E-state index contributed by atoms with van der Waals surface area (Å²) in [4.78, 5) is 14.8. The van der Waals surface area contributed by atoms with E-state index < -0.39 is 0 Å². The monoisotopic (exact) mass is 916 g/mol. The first-order valence-electron chi connectivity index (χ1n) is 24.2. The zero-order valence-corrected chi connectivity index (χ0v) is 39.9. The van der Waals surface area contributed by atoms with Crippen LogP contribution in [0, 0.1) is 6.92 Å². The molecule has 0 saturated carbocycles. The molecule has 0 fully saturated rings. The number of fused-ring (bicyclic) bond motifs is 8. The third-order valence-electron chi connectivity index (χ3n) is 14.0. The molecule has 13 aromatic rings. The average molecular weight is 917 g/mol. The van der Waals surface area contributed by atoms with E-state index in [-0.39, 0.29) is 5.41 Å². The Balaban J connectivity index is 1.01. The number of benzene rings is 9. The summed E-state index contributed by atoms with van der Waals surface area (Å²) >= 11 is 0. The maximum Gasteiger partial charge on any atom is 0.153 e. The molecule has 0 saturated heterocycles. The molecule has 9 aromatic carbocycles. The normalized spacial score (nSPS) is 11.9. The van der Waals surface area contributed by atoms with E-state index in [4.69, 9.17) is 18.8 Å². The van der Waals surface area contributed by atoms with Gasteiger partial charge in [0, 0.05) is 49.9 Å². The van der Waals surface area contributed by atoms with Gasteiger partial charge in [0.25, 0.3) is 0 Å². The van der Waals surface area contributed by atoms with Crippen molar-refractivity contribution in [2.45, 2.75) is 33.1 Å². The smallest absolute Gasteiger partial charge is 0.153 e. The Morgan fingerprint density at radius 1 is 0.380 bits per heavy atom. The highest BCUT2D eigenvalue weighted by molar-refractivity contribution is 6.20. The molecule has 6 nitrogen and oxygen atoms in total. The van der Waals surface area contributed by atoms with Gasteiger partial charge < -0.3 is 8.83 Å². The lowest BCUT2D eigenvalue weighted by Gasteiger charge is -2.25. The van der Waals surface area contributed by atoms with Gasteiger partial charge in [-0.3, -0.25) is 9.80 Å². The van der Waals surface area contributed by atoms with E-state index in [0.717, 1.165) is 111 Å². The van der Waals surface area contributed by atoms with Gasteiger partial charge in [0.05, 0.1) is 12.4 Å². The molecule has 6 heteroatoms. The summed E-state index contributed by atoms with van der Waals surface area (Å²) in [6.07, 6.45) is 3.77. The Morgan fingerprint density at radius 2 is 0.746 bits per heavy atom. The van der Waals surface area contributed by atoms with E-state index >= 15 is 0 Å². The molecular weight excluding hydrogens is 869 g/mol. The number of hydrogen-bond acceptors (Lipinski definition) is 6. The topological polar surface area (TPSA) is 58.5 Å². The minimum atomic E-state index is -0.353. The highest BCUT2D eigenvalue weighted by Gasteiger charge is 2.31. The zero-order chi connectivity index (χ0) is 47.8. The van der Waals surface area contributed by atoms with Gasteiger partial charge in [-0.1, -0.05) is 166 Å². The van der Waals surface area contributed by atoms with Crippen LogP contribution in [-0.4, -0.2) is 9.97 Å². The standard InChI is InChI=1S/C65H48N4O2/c1-41-60-54-37-58(68(52-33-27-44-19-11-13-21-48(44)35-52)50-29-23-46(24-30-50)42-15-7-5-8-16-42)66-39-56(54)70-63(60)62(65(2,3)4)64-61(41)55-38-59(67-40-57(55)71-64)69(53-34-28-45-20-12-14-22-49(45)36-53)51-31-25-47(26-32-51)43-17-9-6-10-18-43/h5-40H,1-4H3. The third kappa shape index (κ3) is 7.26. The molecule has 0 unspecified atom stereocenters. The Labute approximate surface area is 411 Å². The quantitative estimate of drug-likeness (QED) is 0.151. The Bertz CT molecular complexity index is 3890. The molecule has 0 bridgehead atoms. The molecule has 0 aliphatic heterocycles. The van der Waals surface area contributed by atoms with Gasteiger partial charge in [-0.25, -0.2) is 9.97 Å². The van der Waals surface area contributed by atoms with E-state index in [1.165, 1.54) is 21.9 Å². The van der Waals surface area contributed by atoms with Crippen molar-refractivity contribution in [1.82, 2.24) is 9.97 Å². The molecule has 0 radical (unpaired) electrons. The van der Waals surface area contributed by atoms with Crippen LogP contribution in [0.5, 0.6) is 0 Å². The first-order chi connectivity index (χ1) is 34.7. The predicted molar refractivity (Wildman–Crippen MR) is 295 cm³/mol. The summed E-state index contributed by atoms with van der Waals surface area (Å²) in [6, 6.07) is 73.1. The molecule has 4 heterocycles. The molecule has 0 aliphatic carbocycles. The van der Waals surface area contributed by atoms with Gasteiger partial charge in [0.15, 0.2) is 11.2 Å². The van der Waals surface area contributed by atoms with Crippen LogP contribution in [0.1, 0.15) is 31.9 Å². The predicted octanol–water partition coefficient (Wildman–Crippen LogP) is 18.5. The Kier molecular flexibility index (Phi) is 9.85. The van der Waals surface area contributed by atoms with Crippen LogP contribution in [0.4, 0.5) is 34.4 Å². The molecule has 13 rings (SSSR count). The lowest BCUT2D eigenvalue weighted by molar-refractivity contribution is 0.559. The maximum absolute atomic E-state index is 6.95. The molecule has 0 amide bonds. The Hall–Kier alpha value is -9.00. The van der Waals surface area contributed by atoms with Crippen LogP contribution < -0.4 is 9.80 Å². The molecule has 0 N–H and O–H groups in total. The van der Waals surface area contributed by atoms with E-state index in [9.17, 15) is 0 Å². The summed E-state index contributed by atoms with van der Waals surface area (Å²) in [6.45, 7) is 8.89. The average Bonchev–Trinajstić information content (AvgIpc) is 3.98. The summed E-state index contributed by atoms with van der Waals surface area (Å²) in [5, 5.41) is 8.74. The molecule has 4 aromatic heterocycles. The highest BCUT2D eigenvalue weighted by atomic mass is 16.3. The van der Waals surface area contributed by atoms with Crippen molar-refractivity contribution in [1.29, 1.82) is 0 Å². The Morgan fingerprint density at radius 3 is 1.15 bits per heavy atom. The molecule has 0 spiro atoms. The van der Waals surface area contributed by atoms with E-state index in [1.807, 2.05) is 12.4 Å². The van der Waals surface area contributed by atoms with Gasteiger partial charge in [0.1, 0.15) is 22.8 Å². The van der Waals surface area contributed by atoms with Crippen molar-refractivity contribution in [3.05, 3.63) is 230 Å². The number of nitrogens with zero attached hydrogens (tertiary/aromatic N) is 4. The van der Waals surface area contributed by atoms with Crippen molar-refractivity contribution < 1.29 is 8.83 Å². The van der Waals surface area contributed by atoms with Crippen molar-refractivity contribution in [2.24, 2.45) is 0 Å². The van der Waals surface area contributed by atoms with Crippen molar-refractivity contribution in [3.63, 3.8) is 0 Å². The molecule has 0 aliphatic rings. The highest BCUT2D eigenvalue weighted by Crippen LogP contribution is 2.49. The molecular formula is C65H48N4O2.